The molecule has 3 spiro atoms. The van der Waals surface area contributed by atoms with Crippen molar-refractivity contribution in [2.24, 2.45) is 17.8 Å². The van der Waals surface area contributed by atoms with Gasteiger partial charge in [0.05, 0.1) is 61.5 Å². The first kappa shape index (κ1) is 64.9. The van der Waals surface area contributed by atoms with E-state index in [9.17, 15) is 33.6 Å². The summed E-state index contributed by atoms with van der Waals surface area (Å²) in [6, 6.07) is 4.28. The topological polar surface area (TPSA) is 254 Å². The van der Waals surface area contributed by atoms with Gasteiger partial charge in [-0.05, 0) is 103 Å². The summed E-state index contributed by atoms with van der Waals surface area (Å²) < 4.78 is 51.6. The lowest BCUT2D eigenvalue weighted by atomic mass is 9.72. The number of hydrogen-bond acceptors (Lipinski definition) is 18. The molecule has 3 N–H and O–H groups in total. The highest BCUT2D eigenvalue weighted by atomic mass is 16.6. The van der Waals surface area contributed by atoms with E-state index in [0.29, 0.717) is 74.9 Å². The van der Waals surface area contributed by atoms with Crippen LogP contribution in [0.5, 0.6) is 17.2 Å². The van der Waals surface area contributed by atoms with Crippen LogP contribution in [0.15, 0.2) is 63.8 Å². The minimum absolute atomic E-state index is 0. The van der Waals surface area contributed by atoms with Crippen molar-refractivity contribution in [3.8, 4) is 17.2 Å². The van der Waals surface area contributed by atoms with E-state index >= 15 is 0 Å². The normalized spacial score (nSPS) is 30.4. The van der Waals surface area contributed by atoms with E-state index in [1.165, 1.54) is 35.1 Å². The van der Waals surface area contributed by atoms with Gasteiger partial charge < -0.3 is 64.0 Å². The van der Waals surface area contributed by atoms with Gasteiger partial charge in [0, 0.05) is 74.2 Å². The number of ether oxygens (including phenoxy) is 8. The highest BCUT2D eigenvalue weighted by Gasteiger charge is 2.63. The van der Waals surface area contributed by atoms with Crippen LogP contribution in [0.25, 0.3) is 0 Å². The molecule has 24 nitrogen and oxygen atoms in total. The molecule has 3 amide bonds. The van der Waals surface area contributed by atoms with Crippen LogP contribution in [0.4, 0.5) is 4.79 Å². The van der Waals surface area contributed by atoms with Crippen molar-refractivity contribution in [2.45, 2.75) is 212 Å². The fourth-order valence-corrected chi connectivity index (χ4v) is 15.8. The minimum Gasteiger partial charge on any atom is -0.487 e. The van der Waals surface area contributed by atoms with E-state index in [-0.39, 0.29) is 115 Å². The van der Waals surface area contributed by atoms with Crippen molar-refractivity contribution >= 4 is 23.9 Å². The molecular weight excluding hydrogens is 1150 g/mol. The molecule has 3 aromatic rings. The largest absolute Gasteiger partial charge is 0.487 e. The monoisotopic (exact) mass is 1240 g/mol. The molecule has 11 aliphatic heterocycles. The van der Waals surface area contributed by atoms with Gasteiger partial charge in [-0.3, -0.25) is 42.9 Å². The molecule has 9 saturated heterocycles. The molecule has 14 rings (SSSR count). The quantitative estimate of drug-likeness (QED) is 0.0626. The summed E-state index contributed by atoms with van der Waals surface area (Å²) in [5.41, 5.74) is 9.51. The summed E-state index contributed by atoms with van der Waals surface area (Å²) in [5, 5.41) is 0. The number of likely N-dealkylation sites (tertiary alicyclic amines) is 1. The third-order valence-corrected chi connectivity index (χ3v) is 20.1. The van der Waals surface area contributed by atoms with Crippen molar-refractivity contribution < 1.29 is 57.1 Å². The molecule has 24 heteroatoms. The Labute approximate surface area is 520 Å². The molecule has 0 aliphatic carbocycles. The Hall–Kier alpha value is -7.05. The predicted octanol–water partition coefficient (Wildman–Crippen LogP) is 7.70. The second-order valence-corrected chi connectivity index (χ2v) is 25.1. The molecule has 488 valence electrons. The first-order valence-corrected chi connectivity index (χ1v) is 32.0. The number of piperidine rings is 3. The van der Waals surface area contributed by atoms with Crippen LogP contribution < -0.4 is 46.8 Å². The number of carbonyl (C=O) groups is 4. The summed E-state index contributed by atoms with van der Waals surface area (Å²) in [7, 11) is 0. The molecule has 11 aliphatic rings. The van der Waals surface area contributed by atoms with Gasteiger partial charge in [-0.1, -0.05) is 67.5 Å². The molecule has 1 unspecified atom stereocenters. The Bertz CT molecular complexity index is 3160. The zero-order valence-corrected chi connectivity index (χ0v) is 50.6. The molecule has 12 atom stereocenters. The molecule has 9 fully saturated rings. The Morgan fingerprint density at radius 1 is 0.607 bits per heavy atom. The molecular formula is C65H93N9O15. The standard InChI is InChI=1S/C25H35N3O7.2C19H25N3O4.2CH4/c1-4-7-15-33-21-19(29)9-12-28(20(21)23(30)32-6-3)26-22-18-16-17-8-10-25(18,35-17)11-13-27(22)24(31)34-14-5-2;2*1-2-3-10-25-16-14(23)5-8-22-15(16)18(24)21-9-7-19-6-4-12(26-19)11-13(19)17(21)20-22;;/h5,9,12,17-18,22,26H,2,4,6-8,10-11,13-16H2,1,3H3;2*5,8,12-13,17,20H,2-4,6-7,9-11H2,1H3;2*1H4/t17-,18+,22?,25-;2*12-,13+,17-,19-;;/m010../s1. The van der Waals surface area contributed by atoms with Crippen molar-refractivity contribution in [3.05, 3.63) is 97.2 Å². The number of esters is 1. The number of nitrogens with zero attached hydrogens (tertiary/aromatic N) is 6. The zero-order chi connectivity index (χ0) is 60.8. The maximum Gasteiger partial charge on any atom is 0.411 e. The number of fused-ring (bicyclic) bond motifs is 9. The lowest BCUT2D eigenvalue weighted by Crippen LogP contribution is -2.65. The molecule has 14 heterocycles. The van der Waals surface area contributed by atoms with Gasteiger partial charge in [-0.15, -0.1) is 0 Å². The van der Waals surface area contributed by atoms with E-state index in [1.54, 1.807) is 33.6 Å². The Kier molecular flexibility index (Phi) is 19.5. The molecule has 0 radical (unpaired) electrons. The molecule has 0 saturated carbocycles. The van der Waals surface area contributed by atoms with E-state index in [2.05, 4.69) is 36.7 Å². The average Bonchev–Trinajstić information content (AvgIpc) is 1.67. The molecule has 3 aromatic heterocycles. The van der Waals surface area contributed by atoms with Crippen LogP contribution in [0.1, 0.15) is 190 Å². The summed E-state index contributed by atoms with van der Waals surface area (Å²) >= 11 is 0. The van der Waals surface area contributed by atoms with E-state index in [4.69, 9.17) is 37.9 Å². The van der Waals surface area contributed by atoms with Gasteiger partial charge in [-0.25, -0.2) is 9.59 Å². The third-order valence-electron chi connectivity index (χ3n) is 20.1. The second-order valence-electron chi connectivity index (χ2n) is 25.1. The smallest absolute Gasteiger partial charge is 0.411 e. The fourth-order valence-electron chi connectivity index (χ4n) is 15.8. The summed E-state index contributed by atoms with van der Waals surface area (Å²) in [6.07, 6.45) is 22.8. The third kappa shape index (κ3) is 11.8. The van der Waals surface area contributed by atoms with Gasteiger partial charge in [0.15, 0.2) is 34.3 Å². The second kappa shape index (κ2) is 26.8. The Morgan fingerprint density at radius 2 is 1.04 bits per heavy atom. The average molecular weight is 1240 g/mol. The Morgan fingerprint density at radius 3 is 1.51 bits per heavy atom. The molecule has 0 aromatic carbocycles. The fraction of sp³-hybridized carbons (Fsp3) is 0.677. The first-order chi connectivity index (χ1) is 42.2. The van der Waals surface area contributed by atoms with Gasteiger partial charge in [-0.2, -0.15) is 0 Å². The van der Waals surface area contributed by atoms with Gasteiger partial charge in [0.1, 0.15) is 25.1 Å². The number of hydrogen-bond donors (Lipinski definition) is 3. The summed E-state index contributed by atoms with van der Waals surface area (Å²) in [6.45, 7) is 14.6. The van der Waals surface area contributed by atoms with Crippen molar-refractivity contribution in [1.29, 1.82) is 0 Å². The summed E-state index contributed by atoms with van der Waals surface area (Å²) in [5.74, 6) is -0.0480. The highest BCUT2D eigenvalue weighted by Crippen LogP contribution is 2.57. The van der Waals surface area contributed by atoms with Gasteiger partial charge in [0.25, 0.3) is 11.8 Å². The van der Waals surface area contributed by atoms with Crippen LogP contribution in [-0.2, 0) is 23.7 Å². The SMILES string of the molecule is C.C.C=CCOC(=O)N1CC[C@@]23CC[C@@H](C[C@@H]2C1Nn1ccc(=O)c(OCCCC)c1C(=O)OCC)O3.CCCCOc1c2n(ccc1=O)N[C@@H]1[C@H]3C[C@@H]4CC[C@@]3(CCN1C2=O)O4.CCCCOc1c2n(ccc1=O)N[C@H]1[C@@H]3C[C@H]4CC[C@]3(CCN1C2=O)O4. The van der Waals surface area contributed by atoms with Gasteiger partial charge in [0.2, 0.25) is 16.3 Å². The van der Waals surface area contributed by atoms with E-state index in [0.717, 1.165) is 116 Å². The first-order valence-electron chi connectivity index (χ1n) is 32.0. The number of amides is 3. The number of aromatic nitrogens is 3. The molecule has 89 heavy (non-hydrogen) atoms. The van der Waals surface area contributed by atoms with Crippen LogP contribution in [0.2, 0.25) is 0 Å². The maximum atomic E-state index is 13.3. The Balaban J connectivity index is 0.000000148. The van der Waals surface area contributed by atoms with Crippen LogP contribution in [-0.4, -0.2) is 159 Å². The lowest BCUT2D eigenvalue weighted by molar-refractivity contribution is -0.0667. The molecule has 6 bridgehead atoms. The minimum atomic E-state index is -0.681. The van der Waals surface area contributed by atoms with Crippen molar-refractivity contribution in [2.75, 3.05) is 68.9 Å². The number of unbranched alkanes of at least 4 members (excludes halogenated alkanes) is 3. The summed E-state index contributed by atoms with van der Waals surface area (Å²) in [4.78, 5) is 95.2. The van der Waals surface area contributed by atoms with Crippen LogP contribution in [0, 0.1) is 17.8 Å². The zero-order valence-electron chi connectivity index (χ0n) is 50.6. The van der Waals surface area contributed by atoms with Crippen molar-refractivity contribution in [3.63, 3.8) is 0 Å². The van der Waals surface area contributed by atoms with Crippen LogP contribution >= 0.6 is 0 Å². The van der Waals surface area contributed by atoms with E-state index < -0.39 is 23.7 Å². The number of carbonyl (C=O) groups excluding carboxylic acids is 4. The number of rotatable bonds is 18. The lowest BCUT2D eigenvalue weighted by Gasteiger charge is -2.51. The van der Waals surface area contributed by atoms with E-state index in [1.807, 2.05) is 16.7 Å². The van der Waals surface area contributed by atoms with Crippen molar-refractivity contribution in [1.82, 2.24) is 28.7 Å². The predicted molar refractivity (Wildman–Crippen MR) is 331 cm³/mol. The highest BCUT2D eigenvalue weighted by molar-refractivity contribution is 5.97. The van der Waals surface area contributed by atoms with Gasteiger partial charge >= 0.3 is 12.1 Å². The number of nitrogens with one attached hydrogen (secondary N) is 3. The number of pyridine rings is 3. The maximum absolute atomic E-state index is 13.3. The van der Waals surface area contributed by atoms with Crippen LogP contribution in [0.3, 0.4) is 0 Å².